The summed E-state index contributed by atoms with van der Waals surface area (Å²) in [6.45, 7) is 9.43. The van der Waals surface area contributed by atoms with E-state index in [1.54, 1.807) is 19.2 Å². The molecule has 1 aliphatic carbocycles. The molecule has 0 bridgehead atoms. The summed E-state index contributed by atoms with van der Waals surface area (Å²) in [5.41, 5.74) is -0.0908. The molecule has 2 fully saturated rings. The maximum absolute atomic E-state index is 12.4. The summed E-state index contributed by atoms with van der Waals surface area (Å²) in [4.78, 5) is 20.9. The van der Waals surface area contributed by atoms with Gasteiger partial charge in [-0.15, -0.1) is 0 Å². The summed E-state index contributed by atoms with van der Waals surface area (Å²) in [5, 5.41) is 3.60. The number of hydrogen-bond donors (Lipinski definition) is 1. The van der Waals surface area contributed by atoms with Crippen molar-refractivity contribution in [1.82, 2.24) is 15.1 Å². The van der Waals surface area contributed by atoms with Crippen LogP contribution in [0.1, 0.15) is 37.7 Å². The van der Waals surface area contributed by atoms with Crippen LogP contribution in [0.4, 0.5) is 0 Å². The summed E-state index contributed by atoms with van der Waals surface area (Å²) in [7, 11) is 3.59. The smallest absolute Gasteiger partial charge is 0.289 e. The van der Waals surface area contributed by atoms with Gasteiger partial charge < -0.3 is 24.3 Å². The number of nitrogens with zero attached hydrogens (tertiary/aromatic N) is 3. The lowest BCUT2D eigenvalue weighted by Gasteiger charge is -2.59. The molecule has 7 heteroatoms. The number of methoxy groups -OCH3 is 1. The van der Waals surface area contributed by atoms with Crippen LogP contribution in [0.2, 0.25) is 0 Å². The summed E-state index contributed by atoms with van der Waals surface area (Å²) in [6.07, 6.45) is 2.48. The predicted octanol–water partition coefficient (Wildman–Crippen LogP) is 1.82. The van der Waals surface area contributed by atoms with Gasteiger partial charge in [0.2, 0.25) is 0 Å². The fourth-order valence-corrected chi connectivity index (χ4v) is 3.85. The number of guanidine groups is 1. The van der Waals surface area contributed by atoms with E-state index in [2.05, 4.69) is 36.0 Å². The van der Waals surface area contributed by atoms with E-state index in [1.165, 1.54) is 6.26 Å². The molecule has 7 nitrogen and oxygen atoms in total. The molecule has 0 radical (unpaired) electrons. The minimum Gasteiger partial charge on any atom is -0.459 e. The van der Waals surface area contributed by atoms with Crippen LogP contribution in [0.25, 0.3) is 0 Å². The fraction of sp³-hybridized carbons (Fsp3) is 0.684. The lowest BCUT2D eigenvalue weighted by atomic mass is 9.56. The first-order valence-electron chi connectivity index (χ1n) is 9.18. The third kappa shape index (κ3) is 3.09. The van der Waals surface area contributed by atoms with Gasteiger partial charge in [0.25, 0.3) is 5.91 Å². The SMILES string of the molecule is CN=C(NC1CC(C)(OC)C1(C)C)N1CCN(C(=O)c2ccco2)CC1. The summed E-state index contributed by atoms with van der Waals surface area (Å²) in [5.74, 6) is 1.25. The monoisotopic (exact) mass is 362 g/mol. The Labute approximate surface area is 155 Å². The molecule has 2 atom stereocenters. The zero-order valence-corrected chi connectivity index (χ0v) is 16.4. The molecule has 1 aromatic heterocycles. The van der Waals surface area contributed by atoms with Gasteiger partial charge in [0, 0.05) is 51.8 Å². The Morgan fingerprint density at radius 1 is 1.27 bits per heavy atom. The molecule has 0 aromatic carbocycles. The second-order valence-corrected chi connectivity index (χ2v) is 7.86. The molecule has 2 aliphatic rings. The van der Waals surface area contributed by atoms with E-state index >= 15 is 0 Å². The minimum atomic E-state index is -0.113. The fourth-order valence-electron chi connectivity index (χ4n) is 3.85. The zero-order chi connectivity index (χ0) is 18.9. The number of ether oxygens (including phenoxy) is 1. The van der Waals surface area contributed by atoms with E-state index in [0.717, 1.165) is 25.5 Å². The molecule has 1 saturated heterocycles. The average Bonchev–Trinajstić information content (AvgIpc) is 3.19. The molecule has 1 aromatic rings. The molecular weight excluding hydrogens is 332 g/mol. The second-order valence-electron chi connectivity index (χ2n) is 7.86. The summed E-state index contributed by atoms with van der Waals surface area (Å²) < 4.78 is 10.9. The molecule has 1 amide bonds. The molecule has 26 heavy (non-hydrogen) atoms. The van der Waals surface area contributed by atoms with E-state index in [1.807, 2.05) is 11.9 Å². The van der Waals surface area contributed by atoms with Gasteiger partial charge in [-0.05, 0) is 25.5 Å². The first-order valence-corrected chi connectivity index (χ1v) is 9.18. The predicted molar refractivity (Wildman–Crippen MR) is 100 cm³/mol. The van der Waals surface area contributed by atoms with Gasteiger partial charge in [0.05, 0.1) is 11.9 Å². The highest BCUT2D eigenvalue weighted by Gasteiger charge is 2.58. The van der Waals surface area contributed by atoms with Gasteiger partial charge in [0.15, 0.2) is 11.7 Å². The maximum Gasteiger partial charge on any atom is 0.289 e. The highest BCUT2D eigenvalue weighted by Crippen LogP contribution is 2.51. The molecule has 3 rings (SSSR count). The van der Waals surface area contributed by atoms with Crippen molar-refractivity contribution in [3.05, 3.63) is 24.2 Å². The van der Waals surface area contributed by atoms with Crippen molar-refractivity contribution >= 4 is 11.9 Å². The summed E-state index contributed by atoms with van der Waals surface area (Å²) >= 11 is 0. The van der Waals surface area contributed by atoms with Gasteiger partial charge in [-0.2, -0.15) is 0 Å². The van der Waals surface area contributed by atoms with Crippen LogP contribution in [0.3, 0.4) is 0 Å². The lowest BCUT2D eigenvalue weighted by molar-refractivity contribution is -0.177. The van der Waals surface area contributed by atoms with E-state index < -0.39 is 0 Å². The van der Waals surface area contributed by atoms with Gasteiger partial charge >= 0.3 is 0 Å². The second kappa shape index (κ2) is 6.95. The van der Waals surface area contributed by atoms with Crippen LogP contribution in [0, 0.1) is 5.41 Å². The summed E-state index contributed by atoms with van der Waals surface area (Å²) in [6, 6.07) is 3.76. The number of carbonyl (C=O) groups is 1. The normalized spacial score (nSPS) is 28.7. The van der Waals surface area contributed by atoms with E-state index in [9.17, 15) is 4.79 Å². The third-order valence-electron chi connectivity index (χ3n) is 6.39. The molecule has 2 heterocycles. The van der Waals surface area contributed by atoms with Crippen molar-refractivity contribution in [3.8, 4) is 0 Å². The minimum absolute atomic E-state index is 0.0226. The molecular formula is C19H30N4O3. The van der Waals surface area contributed by atoms with Crippen molar-refractivity contribution in [2.75, 3.05) is 40.3 Å². The van der Waals surface area contributed by atoms with Crippen LogP contribution in [0.5, 0.6) is 0 Å². The zero-order valence-electron chi connectivity index (χ0n) is 16.4. The van der Waals surface area contributed by atoms with Crippen LogP contribution < -0.4 is 5.32 Å². The van der Waals surface area contributed by atoms with Crippen molar-refractivity contribution < 1.29 is 13.9 Å². The number of carbonyl (C=O) groups excluding carboxylic acids is 1. The van der Waals surface area contributed by atoms with Gasteiger partial charge in [-0.25, -0.2) is 0 Å². The Bertz CT molecular complexity index is 662. The number of nitrogens with one attached hydrogen (secondary N) is 1. The van der Waals surface area contributed by atoms with Crippen LogP contribution in [0.15, 0.2) is 27.8 Å². The van der Waals surface area contributed by atoms with Crippen molar-refractivity contribution in [3.63, 3.8) is 0 Å². The molecule has 1 N–H and O–H groups in total. The first kappa shape index (κ1) is 18.8. The number of rotatable bonds is 3. The number of amides is 1. The molecule has 1 saturated carbocycles. The number of piperazine rings is 1. The first-order chi connectivity index (χ1) is 12.3. The van der Waals surface area contributed by atoms with Crippen molar-refractivity contribution in [2.45, 2.75) is 38.8 Å². The Kier molecular flexibility index (Phi) is 5.01. The number of hydrogen-bond acceptors (Lipinski definition) is 4. The average molecular weight is 362 g/mol. The highest BCUT2D eigenvalue weighted by atomic mass is 16.5. The standard InChI is InChI=1S/C19H30N4O3/c1-18(2)15(13-19(18,3)25-5)21-17(20-4)23-10-8-22(9-11-23)16(24)14-7-6-12-26-14/h6-7,12,15H,8-11,13H2,1-5H3,(H,20,21). The van der Waals surface area contributed by atoms with E-state index in [4.69, 9.17) is 9.15 Å². The maximum atomic E-state index is 12.4. The third-order valence-corrected chi connectivity index (χ3v) is 6.39. The Morgan fingerprint density at radius 2 is 1.92 bits per heavy atom. The van der Waals surface area contributed by atoms with Crippen molar-refractivity contribution in [2.24, 2.45) is 10.4 Å². The Balaban J connectivity index is 1.56. The Hall–Kier alpha value is -2.02. The number of aliphatic imine (C=N–C) groups is 1. The van der Waals surface area contributed by atoms with Crippen molar-refractivity contribution in [1.29, 1.82) is 0 Å². The van der Waals surface area contributed by atoms with Gasteiger partial charge in [-0.3, -0.25) is 9.79 Å². The quantitative estimate of drug-likeness (QED) is 0.656. The Morgan fingerprint density at radius 3 is 2.42 bits per heavy atom. The molecule has 2 unspecified atom stereocenters. The topological polar surface area (TPSA) is 70.3 Å². The highest BCUT2D eigenvalue weighted by molar-refractivity contribution is 5.91. The van der Waals surface area contributed by atoms with E-state index in [0.29, 0.717) is 24.9 Å². The molecule has 1 aliphatic heterocycles. The lowest BCUT2D eigenvalue weighted by Crippen LogP contribution is -2.70. The van der Waals surface area contributed by atoms with Crippen LogP contribution >= 0.6 is 0 Å². The number of furan rings is 1. The van der Waals surface area contributed by atoms with E-state index in [-0.39, 0.29) is 16.9 Å². The largest absolute Gasteiger partial charge is 0.459 e. The molecule has 144 valence electrons. The van der Waals surface area contributed by atoms with Crippen LogP contribution in [-0.2, 0) is 4.74 Å². The van der Waals surface area contributed by atoms with Gasteiger partial charge in [-0.1, -0.05) is 13.8 Å². The van der Waals surface area contributed by atoms with Gasteiger partial charge in [0.1, 0.15) is 0 Å². The van der Waals surface area contributed by atoms with Crippen LogP contribution in [-0.4, -0.2) is 73.6 Å². The molecule has 0 spiro atoms.